The average molecular weight is 388 g/mol. The molecule has 0 aromatic carbocycles. The Balaban J connectivity index is 1.40. The van der Waals surface area contributed by atoms with Gasteiger partial charge in [-0.2, -0.15) is 5.10 Å². The van der Waals surface area contributed by atoms with E-state index < -0.39 is 0 Å². The summed E-state index contributed by atoms with van der Waals surface area (Å²) in [4.78, 5) is 27.5. The second kappa shape index (κ2) is 7.12. The molecule has 0 aliphatic carbocycles. The van der Waals surface area contributed by atoms with Crippen LogP contribution in [0, 0.1) is 6.92 Å². The van der Waals surface area contributed by atoms with Gasteiger partial charge in [0.05, 0.1) is 5.69 Å². The summed E-state index contributed by atoms with van der Waals surface area (Å²) in [7, 11) is 0. The molecule has 1 atom stereocenters. The zero-order valence-corrected chi connectivity index (χ0v) is 16.0. The van der Waals surface area contributed by atoms with Crippen LogP contribution < -0.4 is 0 Å². The van der Waals surface area contributed by atoms with Gasteiger partial charge in [0.1, 0.15) is 0 Å². The van der Waals surface area contributed by atoms with Crippen molar-refractivity contribution in [2.24, 2.45) is 0 Å². The number of carbonyl (C=O) groups is 1. The summed E-state index contributed by atoms with van der Waals surface area (Å²) in [6, 6.07) is 7.91. The maximum absolute atomic E-state index is 12.8. The zero-order valence-electron chi connectivity index (χ0n) is 16.0. The second-order valence-corrected chi connectivity index (χ2v) is 7.29. The summed E-state index contributed by atoms with van der Waals surface area (Å²) in [6.07, 6.45) is 8.71. The quantitative estimate of drug-likeness (QED) is 0.536. The molecule has 1 aliphatic rings. The minimum absolute atomic E-state index is 0.0951. The number of hydrogen-bond donors (Lipinski definition) is 0. The van der Waals surface area contributed by atoms with Crippen molar-refractivity contribution in [2.45, 2.75) is 25.7 Å². The van der Waals surface area contributed by atoms with Crippen LogP contribution in [0.15, 0.2) is 53.7 Å². The Morgan fingerprint density at radius 1 is 1.24 bits per heavy atom. The van der Waals surface area contributed by atoms with Crippen molar-refractivity contribution in [1.82, 2.24) is 29.5 Å². The number of oxazole rings is 1. The molecule has 0 saturated carbocycles. The number of amides is 1. The van der Waals surface area contributed by atoms with E-state index in [2.05, 4.69) is 9.97 Å². The summed E-state index contributed by atoms with van der Waals surface area (Å²) in [5, 5.41) is 4.71. The molecule has 1 aliphatic heterocycles. The number of hydrogen-bond acceptors (Lipinski definition) is 6. The third-order valence-electron chi connectivity index (χ3n) is 5.36. The van der Waals surface area contributed by atoms with E-state index >= 15 is 0 Å². The maximum Gasteiger partial charge on any atom is 0.291 e. The van der Waals surface area contributed by atoms with Gasteiger partial charge in [-0.25, -0.2) is 14.5 Å². The number of nitrogens with zero attached hydrogens (tertiary/aromatic N) is 6. The lowest BCUT2D eigenvalue weighted by Gasteiger charge is -2.30. The highest BCUT2D eigenvalue weighted by molar-refractivity contribution is 5.92. The number of fused-ring (bicyclic) bond motifs is 1. The summed E-state index contributed by atoms with van der Waals surface area (Å²) in [5.74, 6) is 1.06. The Kier molecular flexibility index (Phi) is 4.31. The van der Waals surface area contributed by atoms with E-state index in [0.29, 0.717) is 24.5 Å². The summed E-state index contributed by atoms with van der Waals surface area (Å²) in [5.41, 5.74) is 3.47. The molecule has 4 aromatic rings. The van der Waals surface area contributed by atoms with E-state index in [9.17, 15) is 4.79 Å². The largest absolute Gasteiger partial charge is 0.438 e. The van der Waals surface area contributed by atoms with Crippen LogP contribution in [0.4, 0.5) is 0 Å². The van der Waals surface area contributed by atoms with Crippen LogP contribution in [0.25, 0.3) is 16.8 Å². The molecule has 0 radical (unpaired) electrons. The molecule has 8 nitrogen and oxygen atoms in total. The van der Waals surface area contributed by atoms with E-state index in [1.807, 2.05) is 41.6 Å². The Morgan fingerprint density at radius 3 is 2.97 bits per heavy atom. The van der Waals surface area contributed by atoms with Gasteiger partial charge in [0.15, 0.2) is 17.9 Å². The highest BCUT2D eigenvalue weighted by Crippen LogP contribution is 2.27. The lowest BCUT2D eigenvalue weighted by atomic mass is 9.97. The molecule has 146 valence electrons. The van der Waals surface area contributed by atoms with Gasteiger partial charge in [-0.15, -0.1) is 0 Å². The fourth-order valence-corrected chi connectivity index (χ4v) is 3.80. The van der Waals surface area contributed by atoms with Gasteiger partial charge in [-0.3, -0.25) is 9.78 Å². The number of carbonyl (C=O) groups excluding carboxylic acids is 1. The van der Waals surface area contributed by atoms with Crippen LogP contribution in [0.1, 0.15) is 40.8 Å². The number of piperidine rings is 1. The lowest BCUT2D eigenvalue weighted by Crippen LogP contribution is -2.39. The van der Waals surface area contributed by atoms with Gasteiger partial charge in [0.25, 0.3) is 5.91 Å². The number of pyridine rings is 2. The van der Waals surface area contributed by atoms with Gasteiger partial charge in [-0.05, 0) is 38.0 Å². The SMILES string of the molecule is Cc1ncoc1C(=O)N1CCC[C@@H](c2nc3ccc(-c4cccnc4)cn3n2)C1. The first kappa shape index (κ1) is 17.5. The van der Waals surface area contributed by atoms with Crippen molar-refractivity contribution in [3.05, 3.63) is 66.5 Å². The van der Waals surface area contributed by atoms with Crippen LogP contribution in [0.3, 0.4) is 0 Å². The van der Waals surface area contributed by atoms with Crippen LogP contribution in [-0.4, -0.2) is 48.5 Å². The zero-order chi connectivity index (χ0) is 19.8. The molecule has 4 aromatic heterocycles. The number of rotatable bonds is 3. The Bertz CT molecular complexity index is 1170. The highest BCUT2D eigenvalue weighted by atomic mass is 16.3. The molecular weight excluding hydrogens is 368 g/mol. The monoisotopic (exact) mass is 388 g/mol. The van der Waals surface area contributed by atoms with Crippen molar-refractivity contribution < 1.29 is 9.21 Å². The molecule has 5 rings (SSSR count). The van der Waals surface area contributed by atoms with E-state index in [1.165, 1.54) is 6.39 Å². The molecule has 0 N–H and O–H groups in total. The predicted molar refractivity (Wildman–Crippen MR) is 105 cm³/mol. The topological polar surface area (TPSA) is 89.4 Å². The molecule has 1 fully saturated rings. The second-order valence-electron chi connectivity index (χ2n) is 7.29. The van der Waals surface area contributed by atoms with Crippen LogP contribution in [0.2, 0.25) is 0 Å². The predicted octanol–water partition coefficient (Wildman–Crippen LogP) is 3.11. The van der Waals surface area contributed by atoms with Crippen molar-refractivity contribution in [3.63, 3.8) is 0 Å². The van der Waals surface area contributed by atoms with E-state index in [4.69, 9.17) is 14.5 Å². The maximum atomic E-state index is 12.8. The molecular formula is C21H20N6O2. The third kappa shape index (κ3) is 3.26. The Morgan fingerprint density at radius 2 is 2.17 bits per heavy atom. The first-order valence-corrected chi connectivity index (χ1v) is 9.65. The van der Waals surface area contributed by atoms with Gasteiger partial charge in [0, 0.05) is 48.7 Å². The Labute approximate surface area is 167 Å². The first-order valence-electron chi connectivity index (χ1n) is 9.65. The highest BCUT2D eigenvalue weighted by Gasteiger charge is 2.30. The number of likely N-dealkylation sites (tertiary alicyclic amines) is 1. The van der Waals surface area contributed by atoms with Crippen molar-refractivity contribution in [3.8, 4) is 11.1 Å². The molecule has 1 amide bonds. The van der Waals surface area contributed by atoms with Crippen molar-refractivity contribution in [1.29, 1.82) is 0 Å². The lowest BCUT2D eigenvalue weighted by molar-refractivity contribution is 0.0671. The van der Waals surface area contributed by atoms with Crippen molar-refractivity contribution in [2.75, 3.05) is 13.1 Å². The molecule has 0 spiro atoms. The number of aryl methyl sites for hydroxylation is 1. The van der Waals surface area contributed by atoms with Gasteiger partial charge < -0.3 is 9.32 Å². The van der Waals surface area contributed by atoms with E-state index in [1.54, 1.807) is 17.6 Å². The summed E-state index contributed by atoms with van der Waals surface area (Å²) >= 11 is 0. The normalized spacial score (nSPS) is 17.0. The molecule has 29 heavy (non-hydrogen) atoms. The minimum Gasteiger partial charge on any atom is -0.438 e. The molecule has 0 bridgehead atoms. The smallest absolute Gasteiger partial charge is 0.291 e. The molecule has 5 heterocycles. The number of aromatic nitrogens is 5. The first-order chi connectivity index (χ1) is 14.2. The van der Waals surface area contributed by atoms with Gasteiger partial charge >= 0.3 is 0 Å². The standard InChI is InChI=1S/C21H20N6O2/c1-14-19(29-13-23-14)21(28)26-9-3-5-17(11-26)20-24-18-7-6-16(12-27(18)25-20)15-4-2-8-22-10-15/h2,4,6-8,10,12-13,17H,3,5,9,11H2,1H3/t17-/m1/s1. The average Bonchev–Trinajstić information content (AvgIpc) is 3.39. The minimum atomic E-state index is -0.118. The van der Waals surface area contributed by atoms with Gasteiger partial charge in [0.2, 0.25) is 5.76 Å². The van der Waals surface area contributed by atoms with Gasteiger partial charge in [-0.1, -0.05) is 6.07 Å². The molecule has 8 heteroatoms. The fourth-order valence-electron chi connectivity index (χ4n) is 3.80. The molecule has 0 unspecified atom stereocenters. The van der Waals surface area contributed by atoms with Crippen LogP contribution in [0.5, 0.6) is 0 Å². The van der Waals surface area contributed by atoms with E-state index in [-0.39, 0.29) is 11.8 Å². The van der Waals surface area contributed by atoms with Crippen LogP contribution >= 0.6 is 0 Å². The van der Waals surface area contributed by atoms with Crippen LogP contribution in [-0.2, 0) is 0 Å². The fraction of sp³-hybridized carbons (Fsp3) is 0.286. The van der Waals surface area contributed by atoms with Crippen molar-refractivity contribution >= 4 is 11.6 Å². The molecule has 1 saturated heterocycles. The summed E-state index contributed by atoms with van der Waals surface area (Å²) < 4.78 is 7.09. The summed E-state index contributed by atoms with van der Waals surface area (Å²) in [6.45, 7) is 3.06. The van der Waals surface area contributed by atoms with E-state index in [0.717, 1.165) is 35.4 Å². The Hall–Kier alpha value is -3.55. The third-order valence-corrected chi connectivity index (χ3v) is 5.36.